The molecule has 5 rings (SSSR count). The standard InChI is InChI=1S/C25H25ClN4OS/c1-16-6-8-18(9-7-16)22-17(2)32-25-23(22)24(31)27-21(28-25)15-29-10-12-30(13-11-29)20-5-3-4-19(26)14-20/h3-9,14H,10-13,15H2,1-2H3,(H,27,28,31). The molecule has 1 aliphatic rings. The van der Waals surface area contributed by atoms with Gasteiger partial charge in [-0.05, 0) is 37.6 Å². The van der Waals surface area contributed by atoms with Crippen molar-refractivity contribution in [2.75, 3.05) is 31.1 Å². The lowest BCUT2D eigenvalue weighted by Crippen LogP contribution is -2.46. The lowest BCUT2D eigenvalue weighted by Gasteiger charge is -2.35. The fourth-order valence-corrected chi connectivity index (χ4v) is 5.60. The smallest absolute Gasteiger partial charge is 0.260 e. The molecule has 1 aliphatic heterocycles. The zero-order valence-corrected chi connectivity index (χ0v) is 19.8. The minimum Gasteiger partial charge on any atom is -0.369 e. The van der Waals surface area contributed by atoms with Crippen LogP contribution in [0.15, 0.2) is 53.3 Å². The first-order valence-electron chi connectivity index (χ1n) is 10.8. The van der Waals surface area contributed by atoms with Crippen LogP contribution in [0.3, 0.4) is 0 Å². The molecule has 164 valence electrons. The number of nitrogens with one attached hydrogen (secondary N) is 1. The topological polar surface area (TPSA) is 52.2 Å². The Hall–Kier alpha value is -2.67. The molecule has 1 N–H and O–H groups in total. The Kier molecular flexibility index (Phi) is 5.76. The molecule has 7 heteroatoms. The lowest BCUT2D eigenvalue weighted by atomic mass is 10.0. The molecule has 0 amide bonds. The number of rotatable bonds is 4. The van der Waals surface area contributed by atoms with Crippen LogP contribution in [-0.2, 0) is 6.54 Å². The summed E-state index contributed by atoms with van der Waals surface area (Å²) in [5.41, 5.74) is 4.37. The van der Waals surface area contributed by atoms with Gasteiger partial charge < -0.3 is 9.88 Å². The van der Waals surface area contributed by atoms with E-state index in [9.17, 15) is 4.79 Å². The van der Waals surface area contributed by atoms with Crippen LogP contribution in [0, 0.1) is 13.8 Å². The number of hydrogen-bond donors (Lipinski definition) is 1. The first kappa shape index (κ1) is 21.2. The van der Waals surface area contributed by atoms with Gasteiger partial charge >= 0.3 is 0 Å². The second-order valence-corrected chi connectivity index (χ2v) is 9.97. The number of piperazine rings is 1. The van der Waals surface area contributed by atoms with Crippen molar-refractivity contribution < 1.29 is 0 Å². The first-order chi connectivity index (χ1) is 15.5. The van der Waals surface area contributed by atoms with E-state index in [-0.39, 0.29) is 5.56 Å². The Morgan fingerprint density at radius 2 is 1.81 bits per heavy atom. The second kappa shape index (κ2) is 8.70. The Bertz CT molecular complexity index is 1320. The number of aromatic nitrogens is 2. The summed E-state index contributed by atoms with van der Waals surface area (Å²) in [4.78, 5) is 27.6. The first-order valence-corrected chi connectivity index (χ1v) is 12.0. The summed E-state index contributed by atoms with van der Waals surface area (Å²) >= 11 is 7.74. The summed E-state index contributed by atoms with van der Waals surface area (Å²) in [5, 5.41) is 1.46. The molecule has 2 aromatic carbocycles. The number of aryl methyl sites for hydroxylation is 2. The summed E-state index contributed by atoms with van der Waals surface area (Å²) in [7, 11) is 0. The maximum absolute atomic E-state index is 13.1. The van der Waals surface area contributed by atoms with E-state index in [2.05, 4.69) is 59.0 Å². The molecule has 0 atom stereocenters. The van der Waals surface area contributed by atoms with Gasteiger partial charge in [0, 0.05) is 47.3 Å². The van der Waals surface area contributed by atoms with E-state index in [1.807, 2.05) is 18.2 Å². The number of nitrogens with zero attached hydrogens (tertiary/aromatic N) is 3. The van der Waals surface area contributed by atoms with Gasteiger partial charge in [0.2, 0.25) is 0 Å². The van der Waals surface area contributed by atoms with Gasteiger partial charge in [-0.1, -0.05) is 47.5 Å². The van der Waals surface area contributed by atoms with Gasteiger partial charge in [-0.2, -0.15) is 0 Å². The van der Waals surface area contributed by atoms with Gasteiger partial charge in [0.05, 0.1) is 11.9 Å². The number of halogens is 1. The van der Waals surface area contributed by atoms with Crippen molar-refractivity contribution in [2.24, 2.45) is 0 Å². The highest BCUT2D eigenvalue weighted by molar-refractivity contribution is 7.19. The Morgan fingerprint density at radius 1 is 1.06 bits per heavy atom. The average molecular weight is 465 g/mol. The van der Waals surface area contributed by atoms with E-state index >= 15 is 0 Å². The van der Waals surface area contributed by atoms with Gasteiger partial charge in [-0.3, -0.25) is 9.69 Å². The van der Waals surface area contributed by atoms with Crippen molar-refractivity contribution in [1.29, 1.82) is 0 Å². The van der Waals surface area contributed by atoms with Crippen LogP contribution in [0.25, 0.3) is 21.3 Å². The summed E-state index contributed by atoms with van der Waals surface area (Å²) in [6, 6.07) is 16.3. The molecule has 0 spiro atoms. The van der Waals surface area contributed by atoms with Crippen LogP contribution in [0.2, 0.25) is 5.02 Å². The minimum absolute atomic E-state index is 0.0533. The monoisotopic (exact) mass is 464 g/mol. The zero-order chi connectivity index (χ0) is 22.2. The number of aromatic amines is 1. The van der Waals surface area contributed by atoms with Crippen LogP contribution < -0.4 is 10.5 Å². The summed E-state index contributed by atoms with van der Waals surface area (Å²) < 4.78 is 0. The van der Waals surface area contributed by atoms with Gasteiger partial charge in [0.1, 0.15) is 10.7 Å². The van der Waals surface area contributed by atoms with Gasteiger partial charge in [0.25, 0.3) is 5.56 Å². The fourth-order valence-electron chi connectivity index (χ4n) is 4.36. The Balaban J connectivity index is 1.35. The van der Waals surface area contributed by atoms with Crippen LogP contribution in [-0.4, -0.2) is 41.0 Å². The molecule has 2 aromatic heterocycles. The third-order valence-corrected chi connectivity index (χ3v) is 7.28. The average Bonchev–Trinajstić information content (AvgIpc) is 3.11. The molecule has 1 fully saturated rings. The summed E-state index contributed by atoms with van der Waals surface area (Å²) in [5.74, 6) is 0.732. The molecule has 0 radical (unpaired) electrons. The minimum atomic E-state index is -0.0533. The van der Waals surface area contributed by atoms with Crippen molar-refractivity contribution in [3.63, 3.8) is 0 Å². The van der Waals surface area contributed by atoms with E-state index in [1.54, 1.807) is 11.3 Å². The van der Waals surface area contributed by atoms with Crippen molar-refractivity contribution in [3.05, 3.63) is 80.2 Å². The maximum Gasteiger partial charge on any atom is 0.260 e. The molecular formula is C25H25ClN4OS. The largest absolute Gasteiger partial charge is 0.369 e. The van der Waals surface area contributed by atoms with Gasteiger partial charge in [-0.15, -0.1) is 11.3 Å². The lowest BCUT2D eigenvalue weighted by molar-refractivity contribution is 0.244. The molecule has 0 aliphatic carbocycles. The third-order valence-electron chi connectivity index (χ3n) is 6.05. The SMILES string of the molecule is Cc1ccc(-c2c(C)sc3nc(CN4CCN(c5cccc(Cl)c5)CC4)[nH]c(=O)c23)cc1. The molecule has 5 nitrogen and oxygen atoms in total. The van der Waals surface area contributed by atoms with E-state index in [1.165, 1.54) is 5.56 Å². The van der Waals surface area contributed by atoms with Crippen molar-refractivity contribution in [2.45, 2.75) is 20.4 Å². The zero-order valence-electron chi connectivity index (χ0n) is 18.2. The van der Waals surface area contributed by atoms with Crippen molar-refractivity contribution >= 4 is 38.8 Å². The van der Waals surface area contributed by atoms with E-state index in [0.717, 1.165) is 63.5 Å². The van der Waals surface area contributed by atoms with E-state index in [0.29, 0.717) is 11.9 Å². The Morgan fingerprint density at radius 3 is 2.53 bits per heavy atom. The van der Waals surface area contributed by atoms with Crippen LogP contribution in [0.5, 0.6) is 0 Å². The second-order valence-electron chi connectivity index (χ2n) is 8.34. The highest BCUT2D eigenvalue weighted by atomic mass is 35.5. The molecule has 3 heterocycles. The summed E-state index contributed by atoms with van der Waals surface area (Å²) in [6.07, 6.45) is 0. The van der Waals surface area contributed by atoms with Crippen LogP contribution in [0.1, 0.15) is 16.3 Å². The van der Waals surface area contributed by atoms with E-state index in [4.69, 9.17) is 16.6 Å². The molecule has 0 unspecified atom stereocenters. The molecule has 32 heavy (non-hydrogen) atoms. The van der Waals surface area contributed by atoms with Crippen molar-refractivity contribution in [3.8, 4) is 11.1 Å². The molecule has 0 bridgehead atoms. The quantitative estimate of drug-likeness (QED) is 0.448. The fraction of sp³-hybridized carbons (Fsp3) is 0.280. The number of anilines is 1. The predicted octanol–water partition coefficient (Wildman–Crippen LogP) is 5.24. The van der Waals surface area contributed by atoms with Gasteiger partial charge in [-0.25, -0.2) is 4.98 Å². The predicted molar refractivity (Wildman–Crippen MR) is 134 cm³/mol. The molecule has 4 aromatic rings. The Labute approximate surface area is 196 Å². The number of fused-ring (bicyclic) bond motifs is 1. The highest BCUT2D eigenvalue weighted by Gasteiger charge is 2.20. The highest BCUT2D eigenvalue weighted by Crippen LogP contribution is 2.35. The van der Waals surface area contributed by atoms with Gasteiger partial charge in [0.15, 0.2) is 0 Å². The summed E-state index contributed by atoms with van der Waals surface area (Å²) in [6.45, 7) is 8.43. The maximum atomic E-state index is 13.1. The van der Waals surface area contributed by atoms with E-state index < -0.39 is 0 Å². The van der Waals surface area contributed by atoms with Crippen molar-refractivity contribution in [1.82, 2.24) is 14.9 Å². The molecule has 1 saturated heterocycles. The van der Waals surface area contributed by atoms with Crippen LogP contribution >= 0.6 is 22.9 Å². The number of hydrogen-bond acceptors (Lipinski definition) is 5. The van der Waals surface area contributed by atoms with Crippen LogP contribution in [0.4, 0.5) is 5.69 Å². The number of thiophene rings is 1. The number of H-pyrrole nitrogens is 1. The molecular weight excluding hydrogens is 440 g/mol. The normalized spacial score (nSPS) is 14.9. The third kappa shape index (κ3) is 4.18. The molecule has 0 saturated carbocycles. The number of benzene rings is 2.